The summed E-state index contributed by atoms with van der Waals surface area (Å²) >= 11 is 0. The first-order valence-electron chi connectivity index (χ1n) is 11.3. The number of hydrogen-bond donors (Lipinski definition) is 1. The Hall–Kier alpha value is -3.75. The molecule has 1 aliphatic heterocycles. The van der Waals surface area contributed by atoms with Crippen LogP contribution in [0.25, 0.3) is 11.4 Å². The number of aromatic nitrogens is 2. The number of piperidine rings is 1. The topological polar surface area (TPSA) is 99.0 Å². The van der Waals surface area contributed by atoms with Crippen molar-refractivity contribution in [2.45, 2.75) is 19.3 Å². The van der Waals surface area contributed by atoms with Gasteiger partial charge in [-0.2, -0.15) is 4.98 Å². The molecule has 9 nitrogen and oxygen atoms in total. The van der Waals surface area contributed by atoms with Crippen molar-refractivity contribution in [2.24, 2.45) is 5.92 Å². The summed E-state index contributed by atoms with van der Waals surface area (Å²) in [6.07, 6.45) is 2.42. The average Bonchev–Trinajstić information content (AvgIpc) is 3.39. The molecule has 4 rings (SSSR count). The van der Waals surface area contributed by atoms with E-state index in [-0.39, 0.29) is 11.8 Å². The van der Waals surface area contributed by atoms with Gasteiger partial charge in [0.25, 0.3) is 0 Å². The van der Waals surface area contributed by atoms with Crippen LogP contribution >= 0.6 is 0 Å². The van der Waals surface area contributed by atoms with E-state index in [2.05, 4.69) is 15.5 Å². The van der Waals surface area contributed by atoms with Crippen LogP contribution in [0.15, 0.2) is 47.0 Å². The van der Waals surface area contributed by atoms with Gasteiger partial charge in [0.05, 0.1) is 27.2 Å². The SMILES string of the molecule is COc1ccc(-c2noc(N3CCC[C@@H](C(=O)NCCc4ccc(OC)c(OC)c4)C3)n2)cc1. The van der Waals surface area contributed by atoms with Gasteiger partial charge in [-0.25, -0.2) is 0 Å². The van der Waals surface area contributed by atoms with Crippen LogP contribution in [0.2, 0.25) is 0 Å². The van der Waals surface area contributed by atoms with Crippen LogP contribution in [0.4, 0.5) is 6.01 Å². The van der Waals surface area contributed by atoms with Crippen LogP contribution in [0.5, 0.6) is 17.2 Å². The minimum absolute atomic E-state index is 0.0417. The van der Waals surface area contributed by atoms with Crippen molar-refractivity contribution in [3.8, 4) is 28.6 Å². The molecule has 1 saturated heterocycles. The molecule has 0 unspecified atom stereocenters. The van der Waals surface area contributed by atoms with Gasteiger partial charge in [0.1, 0.15) is 5.75 Å². The van der Waals surface area contributed by atoms with Gasteiger partial charge in [-0.3, -0.25) is 4.79 Å². The van der Waals surface area contributed by atoms with E-state index < -0.39 is 0 Å². The third kappa shape index (κ3) is 5.41. The molecular formula is C25H30N4O5. The minimum Gasteiger partial charge on any atom is -0.497 e. The van der Waals surface area contributed by atoms with Crippen LogP contribution in [0.3, 0.4) is 0 Å². The summed E-state index contributed by atoms with van der Waals surface area (Å²) in [7, 11) is 4.85. The fourth-order valence-electron chi connectivity index (χ4n) is 4.08. The van der Waals surface area contributed by atoms with Gasteiger partial charge in [0, 0.05) is 25.2 Å². The largest absolute Gasteiger partial charge is 0.497 e. The Bertz CT molecular complexity index is 1100. The highest BCUT2D eigenvalue weighted by Crippen LogP contribution is 2.28. The quantitative estimate of drug-likeness (QED) is 0.513. The van der Waals surface area contributed by atoms with Crippen molar-refractivity contribution in [3.63, 3.8) is 0 Å². The highest BCUT2D eigenvalue weighted by molar-refractivity contribution is 5.79. The van der Waals surface area contributed by atoms with E-state index in [1.807, 2.05) is 47.4 Å². The van der Waals surface area contributed by atoms with Gasteiger partial charge in [-0.15, -0.1) is 0 Å². The highest BCUT2D eigenvalue weighted by atomic mass is 16.5. The Morgan fingerprint density at radius 1 is 1.09 bits per heavy atom. The first-order valence-corrected chi connectivity index (χ1v) is 11.3. The second kappa shape index (κ2) is 10.9. The zero-order valence-electron chi connectivity index (χ0n) is 19.7. The molecule has 2 aromatic carbocycles. The molecule has 0 radical (unpaired) electrons. The molecule has 180 valence electrons. The van der Waals surface area contributed by atoms with Crippen LogP contribution < -0.4 is 24.4 Å². The highest BCUT2D eigenvalue weighted by Gasteiger charge is 2.28. The molecule has 0 bridgehead atoms. The minimum atomic E-state index is -0.129. The van der Waals surface area contributed by atoms with Crippen molar-refractivity contribution in [2.75, 3.05) is 45.9 Å². The average molecular weight is 467 g/mol. The molecule has 9 heteroatoms. The van der Waals surface area contributed by atoms with E-state index in [1.54, 1.807) is 21.3 Å². The fourth-order valence-corrected chi connectivity index (χ4v) is 4.08. The molecule has 1 atom stereocenters. The van der Waals surface area contributed by atoms with Crippen LogP contribution in [-0.2, 0) is 11.2 Å². The Labute approximate surface area is 199 Å². The van der Waals surface area contributed by atoms with Gasteiger partial charge < -0.3 is 29.0 Å². The van der Waals surface area contributed by atoms with Crippen LogP contribution in [-0.4, -0.2) is 57.0 Å². The van der Waals surface area contributed by atoms with Crippen molar-refractivity contribution in [3.05, 3.63) is 48.0 Å². The van der Waals surface area contributed by atoms with E-state index in [0.717, 1.165) is 36.3 Å². The monoisotopic (exact) mass is 466 g/mol. The lowest BCUT2D eigenvalue weighted by atomic mass is 9.97. The first kappa shape index (κ1) is 23.4. The fraction of sp³-hybridized carbons (Fsp3) is 0.400. The van der Waals surface area contributed by atoms with Gasteiger partial charge >= 0.3 is 6.01 Å². The maximum absolute atomic E-state index is 12.8. The summed E-state index contributed by atoms with van der Waals surface area (Å²) in [5.74, 6) is 2.56. The van der Waals surface area contributed by atoms with E-state index >= 15 is 0 Å². The Balaban J connectivity index is 1.31. The Morgan fingerprint density at radius 2 is 1.88 bits per heavy atom. The summed E-state index contributed by atoms with van der Waals surface area (Å²) in [6.45, 7) is 1.87. The van der Waals surface area contributed by atoms with E-state index in [9.17, 15) is 4.79 Å². The maximum atomic E-state index is 12.8. The molecule has 2 heterocycles. The molecule has 3 aromatic rings. The van der Waals surface area contributed by atoms with E-state index in [1.165, 1.54) is 0 Å². The normalized spacial score (nSPS) is 15.6. The predicted molar refractivity (Wildman–Crippen MR) is 127 cm³/mol. The first-order chi connectivity index (χ1) is 16.6. The smallest absolute Gasteiger partial charge is 0.324 e. The molecule has 1 aliphatic rings. The standard InChI is InChI=1S/C25H30N4O5/c1-31-20-9-7-18(8-10-20)23-27-25(34-28-23)29-14-4-5-19(16-29)24(30)26-13-12-17-6-11-21(32-2)22(15-17)33-3/h6-11,15,19H,4-5,12-14,16H2,1-3H3,(H,26,30)/t19-/m1/s1. The summed E-state index contributed by atoms with van der Waals surface area (Å²) < 4.78 is 21.3. The zero-order chi connectivity index (χ0) is 23.9. The number of methoxy groups -OCH3 is 3. The molecule has 1 fully saturated rings. The molecule has 1 amide bonds. The summed E-state index contributed by atoms with van der Waals surface area (Å²) in [4.78, 5) is 19.3. The van der Waals surface area contributed by atoms with E-state index in [0.29, 0.717) is 42.8 Å². The van der Waals surface area contributed by atoms with Gasteiger partial charge in [0.15, 0.2) is 11.5 Å². The number of carbonyl (C=O) groups is 1. The summed E-state index contributed by atoms with van der Waals surface area (Å²) in [5, 5.41) is 7.17. The van der Waals surface area contributed by atoms with Crippen molar-refractivity contribution < 1.29 is 23.5 Å². The number of nitrogens with one attached hydrogen (secondary N) is 1. The molecular weight excluding hydrogens is 436 g/mol. The molecule has 0 aliphatic carbocycles. The van der Waals surface area contributed by atoms with E-state index in [4.69, 9.17) is 18.7 Å². The number of ether oxygens (including phenoxy) is 3. The number of anilines is 1. The van der Waals surface area contributed by atoms with Crippen molar-refractivity contribution in [1.82, 2.24) is 15.5 Å². The van der Waals surface area contributed by atoms with Crippen LogP contribution in [0, 0.1) is 5.92 Å². The lowest BCUT2D eigenvalue weighted by molar-refractivity contribution is -0.125. The maximum Gasteiger partial charge on any atom is 0.324 e. The number of rotatable bonds is 9. The molecule has 0 spiro atoms. The predicted octanol–water partition coefficient (Wildman–Crippen LogP) is 3.34. The number of hydrogen-bond acceptors (Lipinski definition) is 8. The molecule has 0 saturated carbocycles. The second-order valence-corrected chi connectivity index (χ2v) is 8.14. The van der Waals surface area contributed by atoms with Gasteiger partial charge in [-0.1, -0.05) is 11.2 Å². The molecule has 1 aromatic heterocycles. The van der Waals surface area contributed by atoms with Gasteiger partial charge in [0.2, 0.25) is 11.7 Å². The summed E-state index contributed by atoms with van der Waals surface area (Å²) in [5.41, 5.74) is 1.91. The van der Waals surface area contributed by atoms with Crippen molar-refractivity contribution >= 4 is 11.9 Å². The third-order valence-corrected chi connectivity index (χ3v) is 5.99. The van der Waals surface area contributed by atoms with Crippen molar-refractivity contribution in [1.29, 1.82) is 0 Å². The molecule has 1 N–H and O–H groups in total. The summed E-state index contributed by atoms with van der Waals surface area (Å²) in [6, 6.07) is 13.7. The third-order valence-electron chi connectivity index (χ3n) is 5.99. The number of carbonyl (C=O) groups excluding carboxylic acids is 1. The Kier molecular flexibility index (Phi) is 7.51. The lowest BCUT2D eigenvalue weighted by Gasteiger charge is -2.30. The van der Waals surface area contributed by atoms with Gasteiger partial charge in [-0.05, 0) is 61.2 Å². The Morgan fingerprint density at radius 3 is 2.62 bits per heavy atom. The number of nitrogens with zero attached hydrogens (tertiary/aromatic N) is 3. The molecule has 34 heavy (non-hydrogen) atoms. The number of benzene rings is 2. The van der Waals surface area contributed by atoms with Crippen LogP contribution in [0.1, 0.15) is 18.4 Å². The zero-order valence-corrected chi connectivity index (χ0v) is 19.7. The number of amides is 1. The lowest BCUT2D eigenvalue weighted by Crippen LogP contribution is -2.43. The second-order valence-electron chi connectivity index (χ2n) is 8.14.